The SMILES string of the molecule is CC(O)Cn1c(=O)c2c(nc(N3CCCNCC3)n2Cc2ccccc2I)n(C)c1=O. The maximum absolute atomic E-state index is 13.4. The summed E-state index contributed by atoms with van der Waals surface area (Å²) < 4.78 is 5.54. The number of rotatable bonds is 5. The van der Waals surface area contributed by atoms with Crippen LogP contribution in [0.15, 0.2) is 33.9 Å². The van der Waals surface area contributed by atoms with Crippen LogP contribution in [-0.2, 0) is 20.1 Å². The number of hydrogen-bond acceptors (Lipinski definition) is 6. The summed E-state index contributed by atoms with van der Waals surface area (Å²) in [6.45, 7) is 5.33. The largest absolute Gasteiger partial charge is 0.392 e. The second-order valence-corrected chi connectivity index (χ2v) is 9.12. The van der Waals surface area contributed by atoms with Gasteiger partial charge in [0.05, 0.1) is 19.2 Å². The van der Waals surface area contributed by atoms with Crippen LogP contribution in [0.5, 0.6) is 0 Å². The van der Waals surface area contributed by atoms with E-state index in [-0.39, 0.29) is 6.54 Å². The van der Waals surface area contributed by atoms with Crippen molar-refractivity contribution in [1.82, 2.24) is 24.0 Å². The van der Waals surface area contributed by atoms with E-state index in [1.54, 1.807) is 14.0 Å². The van der Waals surface area contributed by atoms with Crippen LogP contribution in [-0.4, -0.2) is 56.1 Å². The van der Waals surface area contributed by atoms with Gasteiger partial charge in [-0.1, -0.05) is 18.2 Å². The minimum Gasteiger partial charge on any atom is -0.392 e. The first-order chi connectivity index (χ1) is 14.9. The zero-order valence-electron chi connectivity index (χ0n) is 17.7. The third-order valence-electron chi connectivity index (χ3n) is 5.57. The third kappa shape index (κ3) is 4.28. The lowest BCUT2D eigenvalue weighted by molar-refractivity contribution is 0.170. The Labute approximate surface area is 193 Å². The van der Waals surface area contributed by atoms with E-state index in [1.165, 1.54) is 4.57 Å². The van der Waals surface area contributed by atoms with Gasteiger partial charge in [0.2, 0.25) is 5.95 Å². The van der Waals surface area contributed by atoms with Crippen LogP contribution in [0.2, 0.25) is 0 Å². The number of hydrogen-bond donors (Lipinski definition) is 2. The van der Waals surface area contributed by atoms with Gasteiger partial charge < -0.3 is 15.3 Å². The standard InChI is InChI=1S/C21H27IN6O3/c1-14(29)12-28-19(30)17-18(25(2)21(28)31)24-20(26-10-5-8-23-9-11-26)27(17)13-15-6-3-4-7-16(15)22/h3-4,6-7,14,23,29H,5,8-13H2,1-2H3. The minimum atomic E-state index is -0.814. The number of anilines is 1. The fourth-order valence-corrected chi connectivity index (χ4v) is 4.58. The number of imidazole rings is 1. The Kier molecular flexibility index (Phi) is 6.49. The van der Waals surface area contributed by atoms with E-state index in [2.05, 4.69) is 32.8 Å². The molecule has 0 aliphatic carbocycles. The van der Waals surface area contributed by atoms with E-state index in [4.69, 9.17) is 4.98 Å². The second-order valence-electron chi connectivity index (χ2n) is 7.96. The molecule has 9 nitrogen and oxygen atoms in total. The molecule has 166 valence electrons. The van der Waals surface area contributed by atoms with Crippen LogP contribution in [0.1, 0.15) is 18.9 Å². The molecule has 0 amide bonds. The molecule has 1 unspecified atom stereocenters. The van der Waals surface area contributed by atoms with Crippen LogP contribution in [0, 0.1) is 3.57 Å². The van der Waals surface area contributed by atoms with Gasteiger partial charge in [-0.05, 0) is 54.1 Å². The van der Waals surface area contributed by atoms with E-state index < -0.39 is 17.4 Å². The van der Waals surface area contributed by atoms with E-state index in [9.17, 15) is 14.7 Å². The molecule has 1 aliphatic rings. The van der Waals surface area contributed by atoms with E-state index in [0.29, 0.717) is 23.7 Å². The number of aliphatic hydroxyl groups is 1. The fraction of sp³-hybridized carbons (Fsp3) is 0.476. The molecular weight excluding hydrogens is 511 g/mol. The van der Waals surface area contributed by atoms with Crippen LogP contribution < -0.4 is 21.5 Å². The summed E-state index contributed by atoms with van der Waals surface area (Å²) in [6.07, 6.45) is 0.155. The first-order valence-electron chi connectivity index (χ1n) is 10.5. The van der Waals surface area contributed by atoms with Crippen LogP contribution in [0.25, 0.3) is 11.2 Å². The summed E-state index contributed by atoms with van der Waals surface area (Å²) >= 11 is 2.30. The summed E-state index contributed by atoms with van der Waals surface area (Å²) in [7, 11) is 1.63. The first kappa shape index (κ1) is 22.0. The second kappa shape index (κ2) is 9.13. The van der Waals surface area contributed by atoms with Gasteiger partial charge in [0.25, 0.3) is 5.56 Å². The Bertz CT molecular complexity index is 1200. The van der Waals surface area contributed by atoms with Crippen molar-refractivity contribution in [1.29, 1.82) is 0 Å². The van der Waals surface area contributed by atoms with Gasteiger partial charge >= 0.3 is 5.69 Å². The molecule has 1 fully saturated rings. The van der Waals surface area contributed by atoms with Gasteiger partial charge in [-0.3, -0.25) is 18.5 Å². The summed E-state index contributed by atoms with van der Waals surface area (Å²) in [6, 6.07) is 8.04. The topological polar surface area (TPSA) is 97.3 Å². The third-order valence-corrected chi connectivity index (χ3v) is 6.62. The molecule has 2 N–H and O–H groups in total. The van der Waals surface area contributed by atoms with Gasteiger partial charge in [-0.2, -0.15) is 4.98 Å². The van der Waals surface area contributed by atoms with Gasteiger partial charge in [-0.25, -0.2) is 4.79 Å². The lowest BCUT2D eigenvalue weighted by Crippen LogP contribution is -2.41. The molecule has 0 radical (unpaired) electrons. The van der Waals surface area contributed by atoms with Crippen molar-refractivity contribution in [2.45, 2.75) is 32.5 Å². The molecular formula is C21H27IN6O3. The fourth-order valence-electron chi connectivity index (χ4n) is 4.02. The van der Waals surface area contributed by atoms with E-state index >= 15 is 0 Å². The Morgan fingerprint density at radius 2 is 1.97 bits per heavy atom. The average molecular weight is 538 g/mol. The van der Waals surface area contributed by atoms with Crippen LogP contribution in [0.3, 0.4) is 0 Å². The number of fused-ring (bicyclic) bond motifs is 1. The summed E-state index contributed by atoms with van der Waals surface area (Å²) in [5.41, 5.74) is 0.939. The quantitative estimate of drug-likeness (QED) is 0.466. The number of nitrogens with one attached hydrogen (secondary N) is 1. The lowest BCUT2D eigenvalue weighted by atomic mass is 10.2. The highest BCUT2D eigenvalue weighted by Gasteiger charge is 2.24. The zero-order valence-corrected chi connectivity index (χ0v) is 19.9. The van der Waals surface area contributed by atoms with Crippen molar-refractivity contribution < 1.29 is 5.11 Å². The Hall–Kier alpha value is -2.18. The maximum Gasteiger partial charge on any atom is 0.332 e. The predicted molar refractivity (Wildman–Crippen MR) is 129 cm³/mol. The average Bonchev–Trinajstić information content (AvgIpc) is 2.91. The Morgan fingerprint density at radius 1 is 1.19 bits per heavy atom. The van der Waals surface area contributed by atoms with E-state index in [0.717, 1.165) is 46.3 Å². The van der Waals surface area contributed by atoms with Gasteiger partial charge in [0, 0.05) is 30.3 Å². The monoisotopic (exact) mass is 538 g/mol. The maximum atomic E-state index is 13.4. The van der Waals surface area contributed by atoms with Crippen LogP contribution in [0.4, 0.5) is 5.95 Å². The molecule has 1 saturated heterocycles. The Balaban J connectivity index is 1.98. The van der Waals surface area contributed by atoms with E-state index in [1.807, 2.05) is 28.8 Å². The van der Waals surface area contributed by atoms with Crippen molar-refractivity contribution >= 4 is 39.7 Å². The van der Waals surface area contributed by atoms with Crippen molar-refractivity contribution in [2.24, 2.45) is 7.05 Å². The number of aromatic nitrogens is 4. The molecule has 1 atom stereocenters. The van der Waals surface area contributed by atoms with Crippen molar-refractivity contribution in [3.8, 4) is 0 Å². The molecule has 31 heavy (non-hydrogen) atoms. The summed E-state index contributed by atoms with van der Waals surface area (Å²) in [5, 5.41) is 13.2. The normalized spacial score (nSPS) is 15.9. The highest BCUT2D eigenvalue weighted by molar-refractivity contribution is 14.1. The van der Waals surface area contributed by atoms with Crippen molar-refractivity contribution in [3.63, 3.8) is 0 Å². The molecule has 1 aromatic carbocycles. The molecule has 10 heteroatoms. The minimum absolute atomic E-state index is 0.0571. The van der Waals surface area contributed by atoms with Crippen molar-refractivity contribution in [3.05, 3.63) is 54.2 Å². The molecule has 3 heterocycles. The smallest absolute Gasteiger partial charge is 0.332 e. The van der Waals surface area contributed by atoms with Gasteiger partial charge in [0.1, 0.15) is 0 Å². The summed E-state index contributed by atoms with van der Waals surface area (Å²) in [5.74, 6) is 0.695. The zero-order chi connectivity index (χ0) is 22.1. The first-order valence-corrected chi connectivity index (χ1v) is 11.5. The molecule has 0 saturated carbocycles. The number of benzene rings is 1. The number of aliphatic hydroxyl groups excluding tert-OH is 1. The van der Waals surface area contributed by atoms with Gasteiger partial charge in [0.15, 0.2) is 11.2 Å². The Morgan fingerprint density at radius 3 is 2.71 bits per heavy atom. The highest BCUT2D eigenvalue weighted by Crippen LogP contribution is 2.23. The van der Waals surface area contributed by atoms with Gasteiger partial charge in [-0.15, -0.1) is 0 Å². The van der Waals surface area contributed by atoms with Crippen LogP contribution >= 0.6 is 22.6 Å². The van der Waals surface area contributed by atoms with Crippen molar-refractivity contribution in [2.75, 3.05) is 31.1 Å². The molecule has 1 aliphatic heterocycles. The lowest BCUT2D eigenvalue weighted by Gasteiger charge is -2.22. The number of nitrogens with zero attached hydrogens (tertiary/aromatic N) is 5. The number of aryl methyl sites for hydroxylation is 1. The molecule has 0 bridgehead atoms. The molecule has 2 aromatic heterocycles. The highest BCUT2D eigenvalue weighted by atomic mass is 127. The predicted octanol–water partition coefficient (Wildman–Crippen LogP) is 0.730. The molecule has 0 spiro atoms. The summed E-state index contributed by atoms with van der Waals surface area (Å²) in [4.78, 5) is 33.3. The molecule has 3 aromatic rings. The number of halogens is 1. The molecule has 4 rings (SSSR count).